The number of guanidine groups is 2. The first-order valence-corrected chi connectivity index (χ1v) is 7.45. The third kappa shape index (κ3) is 5.53. The summed E-state index contributed by atoms with van der Waals surface area (Å²) >= 11 is 0. The van der Waals surface area contributed by atoms with E-state index in [0.29, 0.717) is 18.9 Å². The Morgan fingerprint density at radius 1 is 0.958 bits per heavy atom. The normalized spacial score (nSPS) is 11.0. The molecule has 0 aliphatic heterocycles. The van der Waals surface area contributed by atoms with Gasteiger partial charge in [-0.2, -0.15) is 4.99 Å². The molecule has 0 heterocycles. The van der Waals surface area contributed by atoms with Crippen molar-refractivity contribution in [1.82, 2.24) is 0 Å². The molecule has 0 bridgehead atoms. The second-order valence-corrected chi connectivity index (χ2v) is 4.87. The maximum atomic E-state index is 5.75. The van der Waals surface area contributed by atoms with Crippen LogP contribution in [0.2, 0.25) is 0 Å². The molecule has 0 saturated heterocycles. The lowest BCUT2D eigenvalue weighted by Gasteiger charge is -2.08. The van der Waals surface area contributed by atoms with Gasteiger partial charge in [0.1, 0.15) is 18.1 Å². The van der Waals surface area contributed by atoms with E-state index in [2.05, 4.69) is 9.98 Å². The fraction of sp³-hybridized carbons (Fsp3) is 0.176. The Labute approximate surface area is 140 Å². The van der Waals surface area contributed by atoms with Crippen molar-refractivity contribution in [2.45, 2.75) is 13.5 Å². The van der Waals surface area contributed by atoms with Crippen LogP contribution < -0.4 is 26.7 Å². The van der Waals surface area contributed by atoms with Gasteiger partial charge in [-0.25, -0.2) is 4.99 Å². The zero-order valence-corrected chi connectivity index (χ0v) is 13.5. The number of ether oxygens (including phenoxy) is 2. The van der Waals surface area contributed by atoms with E-state index in [1.54, 1.807) is 6.07 Å². The molecule has 0 radical (unpaired) electrons. The van der Waals surface area contributed by atoms with Gasteiger partial charge >= 0.3 is 0 Å². The lowest BCUT2D eigenvalue weighted by atomic mass is 10.2. The van der Waals surface area contributed by atoms with Crippen molar-refractivity contribution in [1.29, 1.82) is 0 Å². The summed E-state index contributed by atoms with van der Waals surface area (Å²) in [5.74, 6) is 1.44. The van der Waals surface area contributed by atoms with Gasteiger partial charge < -0.3 is 26.7 Å². The van der Waals surface area contributed by atoms with Crippen molar-refractivity contribution in [2.24, 2.45) is 27.2 Å². The van der Waals surface area contributed by atoms with Gasteiger partial charge in [0.05, 0.1) is 12.3 Å². The van der Waals surface area contributed by atoms with E-state index in [1.165, 1.54) is 0 Å². The Bertz CT molecular complexity index is 722. The number of benzene rings is 2. The van der Waals surface area contributed by atoms with E-state index in [4.69, 9.17) is 26.7 Å². The molecule has 0 aliphatic carbocycles. The van der Waals surface area contributed by atoms with E-state index in [9.17, 15) is 0 Å². The Morgan fingerprint density at radius 2 is 1.62 bits per heavy atom. The second-order valence-electron chi connectivity index (χ2n) is 4.87. The van der Waals surface area contributed by atoms with E-state index >= 15 is 0 Å². The van der Waals surface area contributed by atoms with E-state index in [0.717, 1.165) is 17.1 Å². The predicted molar refractivity (Wildman–Crippen MR) is 95.5 cm³/mol. The molecule has 2 aromatic rings. The fourth-order valence-electron chi connectivity index (χ4n) is 1.97. The Hall–Kier alpha value is -3.22. The molecule has 0 amide bonds. The zero-order valence-electron chi connectivity index (χ0n) is 13.5. The van der Waals surface area contributed by atoms with E-state index in [1.807, 2.05) is 49.4 Å². The molecule has 0 atom stereocenters. The van der Waals surface area contributed by atoms with Crippen LogP contribution in [-0.4, -0.2) is 18.5 Å². The van der Waals surface area contributed by atoms with Crippen LogP contribution in [0.3, 0.4) is 0 Å². The van der Waals surface area contributed by atoms with Gasteiger partial charge in [-0.1, -0.05) is 12.1 Å². The molecule has 0 aromatic heterocycles. The van der Waals surface area contributed by atoms with Crippen molar-refractivity contribution >= 4 is 17.6 Å². The summed E-state index contributed by atoms with van der Waals surface area (Å²) in [6, 6.07) is 14.9. The monoisotopic (exact) mass is 327 g/mol. The molecule has 24 heavy (non-hydrogen) atoms. The third-order valence-electron chi connectivity index (χ3n) is 2.94. The summed E-state index contributed by atoms with van der Waals surface area (Å²) in [4.78, 5) is 7.80. The summed E-state index contributed by atoms with van der Waals surface area (Å²) in [5.41, 5.74) is 17.7. The molecule has 2 rings (SSSR count). The highest BCUT2D eigenvalue weighted by molar-refractivity contribution is 5.93. The van der Waals surface area contributed by atoms with Crippen LogP contribution in [-0.2, 0) is 6.61 Å². The summed E-state index contributed by atoms with van der Waals surface area (Å²) in [7, 11) is 0. The lowest BCUT2D eigenvalue weighted by Crippen LogP contribution is -2.26. The van der Waals surface area contributed by atoms with Gasteiger partial charge in [0.15, 0.2) is 5.96 Å². The molecular formula is C17H21N5O2. The minimum Gasteiger partial charge on any atom is -0.494 e. The van der Waals surface area contributed by atoms with Gasteiger partial charge in [-0.15, -0.1) is 0 Å². The summed E-state index contributed by atoms with van der Waals surface area (Å²) in [5, 5.41) is 0. The number of aliphatic imine (C=N–C) groups is 2. The molecular weight excluding hydrogens is 306 g/mol. The Morgan fingerprint density at radius 3 is 2.25 bits per heavy atom. The smallest absolute Gasteiger partial charge is 0.223 e. The van der Waals surface area contributed by atoms with Crippen LogP contribution in [0.1, 0.15) is 12.5 Å². The molecule has 7 heteroatoms. The molecule has 0 unspecified atom stereocenters. The topological polar surface area (TPSA) is 121 Å². The second kappa shape index (κ2) is 8.42. The van der Waals surface area contributed by atoms with Crippen LogP contribution in [0.15, 0.2) is 58.5 Å². The van der Waals surface area contributed by atoms with Gasteiger partial charge in [-0.05, 0) is 48.9 Å². The van der Waals surface area contributed by atoms with Gasteiger partial charge in [0, 0.05) is 0 Å². The van der Waals surface area contributed by atoms with Crippen LogP contribution >= 0.6 is 0 Å². The van der Waals surface area contributed by atoms with Crippen LogP contribution in [0, 0.1) is 0 Å². The SMILES string of the molecule is CCOc1ccc(OCc2cccc(N=C(N)N=C(N)N)c2)cc1. The Balaban J connectivity index is 2.00. The molecule has 0 aliphatic rings. The predicted octanol–water partition coefficient (Wildman–Crippen LogP) is 1.88. The molecule has 0 fully saturated rings. The maximum absolute atomic E-state index is 5.75. The zero-order chi connectivity index (χ0) is 17.4. The van der Waals surface area contributed by atoms with Crippen LogP contribution in [0.5, 0.6) is 11.5 Å². The molecule has 2 aromatic carbocycles. The standard InChI is InChI=1S/C17H21N5O2/c1-2-23-14-6-8-15(9-7-14)24-11-12-4-3-5-13(10-12)21-17(20)22-16(18)19/h3-10H,2,11H2,1H3,(H6,18,19,20,21,22). The first-order chi connectivity index (χ1) is 11.6. The summed E-state index contributed by atoms with van der Waals surface area (Å²) in [6.07, 6.45) is 0. The van der Waals surface area contributed by atoms with Crippen molar-refractivity contribution in [2.75, 3.05) is 6.61 Å². The molecule has 126 valence electrons. The first-order valence-electron chi connectivity index (χ1n) is 7.45. The third-order valence-corrected chi connectivity index (χ3v) is 2.94. The number of hydrogen-bond acceptors (Lipinski definition) is 3. The minimum absolute atomic E-state index is 0.000388. The van der Waals surface area contributed by atoms with Crippen molar-refractivity contribution in [3.8, 4) is 11.5 Å². The van der Waals surface area contributed by atoms with Crippen molar-refractivity contribution < 1.29 is 9.47 Å². The highest BCUT2D eigenvalue weighted by Gasteiger charge is 2.00. The molecule has 0 saturated carbocycles. The van der Waals surface area contributed by atoms with Crippen LogP contribution in [0.4, 0.5) is 5.69 Å². The molecule has 6 N–H and O–H groups in total. The number of nitrogens with two attached hydrogens (primary N) is 3. The molecule has 7 nitrogen and oxygen atoms in total. The number of rotatable bonds is 6. The Kier molecular flexibility index (Phi) is 6.01. The van der Waals surface area contributed by atoms with Gasteiger partial charge in [-0.3, -0.25) is 0 Å². The maximum Gasteiger partial charge on any atom is 0.223 e. The van der Waals surface area contributed by atoms with E-state index in [-0.39, 0.29) is 11.9 Å². The molecule has 0 spiro atoms. The van der Waals surface area contributed by atoms with Gasteiger partial charge in [0.2, 0.25) is 5.96 Å². The van der Waals surface area contributed by atoms with E-state index < -0.39 is 0 Å². The van der Waals surface area contributed by atoms with Crippen molar-refractivity contribution in [3.63, 3.8) is 0 Å². The highest BCUT2D eigenvalue weighted by atomic mass is 16.5. The number of nitrogens with zero attached hydrogens (tertiary/aromatic N) is 2. The average Bonchev–Trinajstić information content (AvgIpc) is 2.54. The summed E-state index contributed by atoms with van der Waals surface area (Å²) in [6.45, 7) is 2.98. The minimum atomic E-state index is -0.133. The van der Waals surface area contributed by atoms with Gasteiger partial charge in [0.25, 0.3) is 0 Å². The lowest BCUT2D eigenvalue weighted by molar-refractivity contribution is 0.304. The van der Waals surface area contributed by atoms with Crippen LogP contribution in [0.25, 0.3) is 0 Å². The summed E-state index contributed by atoms with van der Waals surface area (Å²) < 4.78 is 11.1. The highest BCUT2D eigenvalue weighted by Crippen LogP contribution is 2.20. The average molecular weight is 327 g/mol. The largest absolute Gasteiger partial charge is 0.494 e. The van der Waals surface area contributed by atoms with Crippen molar-refractivity contribution in [3.05, 3.63) is 54.1 Å². The fourth-order valence-corrected chi connectivity index (χ4v) is 1.97. The number of hydrogen-bond donors (Lipinski definition) is 3. The quantitative estimate of drug-likeness (QED) is 0.552. The first kappa shape index (κ1) is 17.1.